The zero-order chi connectivity index (χ0) is 13.8. The highest BCUT2D eigenvalue weighted by atomic mass is 16.5. The monoisotopic (exact) mass is 262 g/mol. The van der Waals surface area contributed by atoms with Crippen LogP contribution in [-0.2, 0) is 4.74 Å². The lowest BCUT2D eigenvalue weighted by atomic mass is 10.2. The third-order valence-corrected chi connectivity index (χ3v) is 3.64. The van der Waals surface area contributed by atoms with Crippen LogP contribution >= 0.6 is 0 Å². The van der Waals surface area contributed by atoms with Gasteiger partial charge in [-0.3, -0.25) is 0 Å². The lowest BCUT2D eigenvalue weighted by molar-refractivity contribution is 0.0526. The van der Waals surface area contributed by atoms with E-state index in [9.17, 15) is 4.79 Å². The summed E-state index contributed by atoms with van der Waals surface area (Å²) in [4.78, 5) is 16.2. The highest BCUT2D eigenvalue weighted by Gasteiger charge is 2.24. The number of likely N-dealkylation sites (N-methyl/N-ethyl adjacent to an activating group) is 1. The Morgan fingerprint density at radius 2 is 2.05 bits per heavy atom. The van der Waals surface area contributed by atoms with Crippen molar-refractivity contribution in [2.45, 2.75) is 19.4 Å². The molecular formula is C15H22N2O2. The van der Waals surface area contributed by atoms with Crippen LogP contribution in [-0.4, -0.2) is 50.7 Å². The summed E-state index contributed by atoms with van der Waals surface area (Å²) >= 11 is 0. The van der Waals surface area contributed by atoms with Crippen molar-refractivity contribution in [2.24, 2.45) is 0 Å². The summed E-state index contributed by atoms with van der Waals surface area (Å²) in [6.45, 7) is 4.35. The molecule has 104 valence electrons. The number of ether oxygens (including phenoxy) is 1. The van der Waals surface area contributed by atoms with Gasteiger partial charge in [0.2, 0.25) is 0 Å². The smallest absolute Gasteiger partial charge is 0.338 e. The molecule has 1 saturated heterocycles. The van der Waals surface area contributed by atoms with Crippen LogP contribution in [0.3, 0.4) is 0 Å². The molecule has 1 aliphatic heterocycles. The maximum atomic E-state index is 11.6. The number of benzene rings is 1. The van der Waals surface area contributed by atoms with Gasteiger partial charge in [0.1, 0.15) is 0 Å². The van der Waals surface area contributed by atoms with Crippen molar-refractivity contribution < 1.29 is 9.53 Å². The van der Waals surface area contributed by atoms with Gasteiger partial charge in [-0.2, -0.15) is 0 Å². The molecule has 1 unspecified atom stereocenters. The fourth-order valence-corrected chi connectivity index (χ4v) is 2.42. The van der Waals surface area contributed by atoms with E-state index >= 15 is 0 Å². The topological polar surface area (TPSA) is 32.8 Å². The number of nitrogens with zero attached hydrogens (tertiary/aromatic N) is 2. The molecule has 1 aromatic rings. The average Bonchev–Trinajstić information content (AvgIpc) is 2.89. The van der Waals surface area contributed by atoms with Crippen LogP contribution in [0.15, 0.2) is 24.3 Å². The molecule has 1 heterocycles. The SMILES string of the molecule is CCOC(=O)c1ccc(N2CCC(N(C)C)C2)cc1. The normalized spacial score (nSPS) is 18.9. The van der Waals surface area contributed by atoms with Gasteiger partial charge in [0.25, 0.3) is 0 Å². The molecule has 2 rings (SSSR count). The van der Waals surface area contributed by atoms with Crippen LogP contribution in [0.25, 0.3) is 0 Å². The van der Waals surface area contributed by atoms with Gasteiger partial charge in [0, 0.05) is 24.8 Å². The van der Waals surface area contributed by atoms with Crippen LogP contribution < -0.4 is 4.90 Å². The Kier molecular flexibility index (Phi) is 4.43. The molecule has 1 aliphatic rings. The van der Waals surface area contributed by atoms with E-state index in [0.717, 1.165) is 13.1 Å². The Morgan fingerprint density at radius 1 is 1.37 bits per heavy atom. The summed E-state index contributed by atoms with van der Waals surface area (Å²) in [5.41, 5.74) is 1.80. The van der Waals surface area contributed by atoms with Crippen LogP contribution in [0.4, 0.5) is 5.69 Å². The first kappa shape index (κ1) is 13.9. The molecule has 0 spiro atoms. The third-order valence-electron chi connectivity index (χ3n) is 3.64. The van der Waals surface area contributed by atoms with Gasteiger partial charge in [-0.25, -0.2) is 4.79 Å². The molecule has 0 N–H and O–H groups in total. The van der Waals surface area contributed by atoms with E-state index in [-0.39, 0.29) is 5.97 Å². The molecule has 4 heteroatoms. The highest BCUT2D eigenvalue weighted by Crippen LogP contribution is 2.22. The minimum Gasteiger partial charge on any atom is -0.462 e. The molecule has 4 nitrogen and oxygen atoms in total. The van der Waals surface area contributed by atoms with Gasteiger partial charge < -0.3 is 14.5 Å². The lowest BCUT2D eigenvalue weighted by Crippen LogP contribution is -2.31. The second kappa shape index (κ2) is 6.06. The van der Waals surface area contributed by atoms with Crippen molar-refractivity contribution in [3.8, 4) is 0 Å². The van der Waals surface area contributed by atoms with E-state index in [1.165, 1.54) is 12.1 Å². The molecule has 1 fully saturated rings. The zero-order valence-corrected chi connectivity index (χ0v) is 11.9. The van der Waals surface area contributed by atoms with E-state index < -0.39 is 0 Å². The van der Waals surface area contributed by atoms with E-state index in [4.69, 9.17) is 4.74 Å². The minimum atomic E-state index is -0.248. The fraction of sp³-hybridized carbons (Fsp3) is 0.533. The van der Waals surface area contributed by atoms with Crippen LogP contribution in [0.2, 0.25) is 0 Å². The number of carbonyl (C=O) groups is 1. The molecular weight excluding hydrogens is 240 g/mol. The summed E-state index contributed by atoms with van der Waals surface area (Å²) in [6, 6.07) is 8.31. The predicted octanol–water partition coefficient (Wildman–Crippen LogP) is 2.00. The van der Waals surface area contributed by atoms with Crippen molar-refractivity contribution >= 4 is 11.7 Å². The Labute approximate surface area is 115 Å². The maximum Gasteiger partial charge on any atom is 0.338 e. The maximum absolute atomic E-state index is 11.6. The van der Waals surface area contributed by atoms with Gasteiger partial charge in [0.15, 0.2) is 0 Å². The van der Waals surface area contributed by atoms with E-state index in [2.05, 4.69) is 23.9 Å². The number of rotatable bonds is 4. The van der Waals surface area contributed by atoms with Crippen molar-refractivity contribution in [1.29, 1.82) is 0 Å². The number of anilines is 1. The van der Waals surface area contributed by atoms with E-state index in [1.54, 1.807) is 0 Å². The average molecular weight is 262 g/mol. The van der Waals surface area contributed by atoms with Crippen LogP contribution in [0.5, 0.6) is 0 Å². The standard InChI is InChI=1S/C15H22N2O2/c1-4-19-15(18)12-5-7-13(8-6-12)17-10-9-14(11-17)16(2)3/h5-8,14H,4,9-11H2,1-3H3. The molecule has 0 aliphatic carbocycles. The number of esters is 1. The summed E-state index contributed by atoms with van der Waals surface area (Å²) in [6.07, 6.45) is 1.19. The first-order valence-corrected chi connectivity index (χ1v) is 6.80. The Morgan fingerprint density at radius 3 is 2.58 bits per heavy atom. The van der Waals surface area contributed by atoms with Gasteiger partial charge in [-0.1, -0.05) is 0 Å². The van der Waals surface area contributed by atoms with Gasteiger partial charge >= 0.3 is 5.97 Å². The summed E-state index contributed by atoms with van der Waals surface area (Å²) in [7, 11) is 4.25. The molecule has 0 radical (unpaired) electrons. The molecule has 0 bridgehead atoms. The van der Waals surface area contributed by atoms with Crippen molar-refractivity contribution in [2.75, 3.05) is 38.7 Å². The predicted molar refractivity (Wildman–Crippen MR) is 76.7 cm³/mol. The molecule has 0 aromatic heterocycles. The Hall–Kier alpha value is -1.55. The van der Waals surface area contributed by atoms with Gasteiger partial charge in [-0.15, -0.1) is 0 Å². The summed E-state index contributed by atoms with van der Waals surface area (Å²) in [5, 5.41) is 0. The third kappa shape index (κ3) is 3.26. The number of hydrogen-bond acceptors (Lipinski definition) is 4. The molecule has 1 atom stereocenters. The van der Waals surface area contributed by atoms with Crippen LogP contribution in [0.1, 0.15) is 23.7 Å². The fourth-order valence-electron chi connectivity index (χ4n) is 2.42. The molecule has 19 heavy (non-hydrogen) atoms. The minimum absolute atomic E-state index is 0.248. The highest BCUT2D eigenvalue weighted by molar-refractivity contribution is 5.89. The second-order valence-electron chi connectivity index (χ2n) is 5.12. The number of carbonyl (C=O) groups excluding carboxylic acids is 1. The van der Waals surface area contributed by atoms with Crippen LogP contribution in [0, 0.1) is 0 Å². The second-order valence-corrected chi connectivity index (χ2v) is 5.12. The van der Waals surface area contributed by atoms with Gasteiger partial charge in [-0.05, 0) is 51.7 Å². The summed E-state index contributed by atoms with van der Waals surface area (Å²) < 4.78 is 4.98. The van der Waals surface area contributed by atoms with E-state index in [0.29, 0.717) is 18.2 Å². The lowest BCUT2D eigenvalue weighted by Gasteiger charge is -2.21. The molecule has 0 saturated carbocycles. The quantitative estimate of drug-likeness (QED) is 0.777. The first-order valence-electron chi connectivity index (χ1n) is 6.80. The largest absolute Gasteiger partial charge is 0.462 e. The zero-order valence-electron chi connectivity index (χ0n) is 11.9. The number of hydrogen-bond donors (Lipinski definition) is 0. The molecule has 1 aromatic carbocycles. The van der Waals surface area contributed by atoms with Crippen molar-refractivity contribution in [1.82, 2.24) is 4.90 Å². The first-order chi connectivity index (χ1) is 9.11. The van der Waals surface area contributed by atoms with Gasteiger partial charge in [0.05, 0.1) is 12.2 Å². The Balaban J connectivity index is 2.01. The Bertz CT molecular complexity index is 428. The van der Waals surface area contributed by atoms with Crippen molar-refractivity contribution in [3.63, 3.8) is 0 Å². The summed E-state index contributed by atoms with van der Waals surface area (Å²) in [5.74, 6) is -0.248. The van der Waals surface area contributed by atoms with E-state index in [1.807, 2.05) is 31.2 Å². The molecule has 0 amide bonds. The van der Waals surface area contributed by atoms with Crippen molar-refractivity contribution in [3.05, 3.63) is 29.8 Å².